The molecule has 1 aliphatic rings. The first-order valence-corrected chi connectivity index (χ1v) is 6.29. The van der Waals surface area contributed by atoms with Crippen molar-refractivity contribution in [3.05, 3.63) is 23.3 Å². The van der Waals surface area contributed by atoms with Gasteiger partial charge in [0.15, 0.2) is 0 Å². The zero-order valence-electron chi connectivity index (χ0n) is 11.6. The fourth-order valence-corrected chi connectivity index (χ4v) is 2.41. The van der Waals surface area contributed by atoms with Gasteiger partial charge in [-0.2, -0.15) is 5.26 Å². The van der Waals surface area contributed by atoms with Crippen molar-refractivity contribution in [3.63, 3.8) is 0 Å². The number of nitriles is 1. The lowest BCUT2D eigenvalue weighted by atomic mass is 10.0. The third-order valence-electron chi connectivity index (χ3n) is 3.97. The fraction of sp³-hybridized carbons (Fsp3) is 0.533. The number of rotatable bonds is 4. The topological polar surface area (TPSA) is 36.3 Å². The average Bonchev–Trinajstić information content (AvgIpc) is 3.12. The first-order valence-electron chi connectivity index (χ1n) is 6.29. The van der Waals surface area contributed by atoms with E-state index in [0.717, 1.165) is 25.1 Å². The molecule has 1 aromatic rings. The minimum Gasteiger partial charge on any atom is -0.496 e. The number of nitrogens with zero attached hydrogens (tertiary/aromatic N) is 2. The van der Waals surface area contributed by atoms with Crippen LogP contribution in [0.2, 0.25) is 0 Å². The van der Waals surface area contributed by atoms with E-state index in [0.29, 0.717) is 0 Å². The second-order valence-electron chi connectivity index (χ2n) is 5.29. The Labute approximate surface area is 109 Å². The molecule has 96 valence electrons. The molecule has 0 atom stereocenters. The van der Waals surface area contributed by atoms with Crippen LogP contribution < -0.4 is 9.64 Å². The van der Waals surface area contributed by atoms with Crippen molar-refractivity contribution in [1.82, 2.24) is 0 Å². The van der Waals surface area contributed by atoms with Crippen LogP contribution in [-0.2, 0) is 0 Å². The first-order chi connectivity index (χ1) is 8.53. The molecule has 3 heteroatoms. The summed E-state index contributed by atoms with van der Waals surface area (Å²) in [6.45, 7) is 4.99. The van der Waals surface area contributed by atoms with Gasteiger partial charge in [0.25, 0.3) is 0 Å². The maximum absolute atomic E-state index is 9.16. The van der Waals surface area contributed by atoms with E-state index in [1.54, 1.807) is 7.11 Å². The van der Waals surface area contributed by atoms with E-state index in [1.807, 2.05) is 6.07 Å². The van der Waals surface area contributed by atoms with Crippen LogP contribution >= 0.6 is 0 Å². The molecule has 1 saturated carbocycles. The molecule has 3 nitrogen and oxygen atoms in total. The van der Waals surface area contributed by atoms with Crippen molar-refractivity contribution >= 4 is 5.69 Å². The predicted molar refractivity (Wildman–Crippen MR) is 73.0 cm³/mol. The largest absolute Gasteiger partial charge is 0.496 e. The highest BCUT2D eigenvalue weighted by Crippen LogP contribution is 2.46. The summed E-state index contributed by atoms with van der Waals surface area (Å²) in [5.41, 5.74) is 3.48. The number of benzene rings is 1. The molecule has 2 rings (SSSR count). The highest BCUT2D eigenvalue weighted by molar-refractivity contribution is 5.60. The first kappa shape index (κ1) is 12.8. The van der Waals surface area contributed by atoms with E-state index >= 15 is 0 Å². The van der Waals surface area contributed by atoms with Gasteiger partial charge in [0.2, 0.25) is 0 Å². The van der Waals surface area contributed by atoms with Gasteiger partial charge in [0, 0.05) is 19.3 Å². The number of methoxy groups -OCH3 is 1. The maximum Gasteiger partial charge on any atom is 0.122 e. The van der Waals surface area contributed by atoms with Crippen molar-refractivity contribution in [1.29, 1.82) is 5.26 Å². The third-order valence-corrected chi connectivity index (χ3v) is 3.97. The van der Waals surface area contributed by atoms with Crippen molar-refractivity contribution in [2.24, 2.45) is 5.41 Å². The molecule has 0 spiro atoms. The van der Waals surface area contributed by atoms with E-state index in [-0.39, 0.29) is 5.41 Å². The Morgan fingerprint density at radius 2 is 2.00 bits per heavy atom. The minimum absolute atomic E-state index is 0.102. The van der Waals surface area contributed by atoms with Crippen LogP contribution in [0.15, 0.2) is 12.1 Å². The van der Waals surface area contributed by atoms with Gasteiger partial charge in [0.1, 0.15) is 5.75 Å². The van der Waals surface area contributed by atoms with Crippen LogP contribution in [0, 0.1) is 30.6 Å². The van der Waals surface area contributed by atoms with Gasteiger partial charge in [0.05, 0.1) is 18.6 Å². The normalized spacial score (nSPS) is 15.9. The molecule has 18 heavy (non-hydrogen) atoms. The molecule has 0 radical (unpaired) electrons. The van der Waals surface area contributed by atoms with Crippen molar-refractivity contribution in [2.75, 3.05) is 25.6 Å². The smallest absolute Gasteiger partial charge is 0.122 e. The molecule has 1 fully saturated rings. The highest BCUT2D eigenvalue weighted by Gasteiger charge is 2.44. The molecule has 0 saturated heterocycles. The molecule has 1 aliphatic carbocycles. The number of hydrogen-bond donors (Lipinski definition) is 0. The zero-order chi connectivity index (χ0) is 13.3. The Hall–Kier alpha value is -1.69. The molecule has 0 unspecified atom stereocenters. The number of hydrogen-bond acceptors (Lipinski definition) is 3. The lowest BCUT2D eigenvalue weighted by Crippen LogP contribution is -2.26. The fourth-order valence-electron chi connectivity index (χ4n) is 2.41. The van der Waals surface area contributed by atoms with Crippen LogP contribution in [0.1, 0.15) is 24.0 Å². The summed E-state index contributed by atoms with van der Waals surface area (Å²) in [5, 5.41) is 9.16. The van der Waals surface area contributed by atoms with Gasteiger partial charge in [-0.15, -0.1) is 0 Å². The van der Waals surface area contributed by atoms with E-state index < -0.39 is 0 Å². The number of ether oxygens (including phenoxy) is 1. The lowest BCUT2D eigenvalue weighted by molar-refractivity contribution is 0.411. The Bertz CT molecular complexity index is 498. The van der Waals surface area contributed by atoms with Crippen molar-refractivity contribution in [3.8, 4) is 11.8 Å². The summed E-state index contributed by atoms with van der Waals surface area (Å²) < 4.78 is 5.32. The monoisotopic (exact) mass is 244 g/mol. The molecular weight excluding hydrogens is 224 g/mol. The molecule has 0 bridgehead atoms. The summed E-state index contributed by atoms with van der Waals surface area (Å²) in [6, 6.07) is 6.52. The van der Waals surface area contributed by atoms with Gasteiger partial charge in [-0.3, -0.25) is 0 Å². The maximum atomic E-state index is 9.16. The summed E-state index contributed by atoms with van der Waals surface area (Å²) in [4.78, 5) is 2.19. The van der Waals surface area contributed by atoms with Gasteiger partial charge in [-0.05, 0) is 49.9 Å². The SMILES string of the molecule is COc1ccc(N(C)CC2(C#N)CC2)c(C)c1C. The summed E-state index contributed by atoms with van der Waals surface area (Å²) >= 11 is 0. The second kappa shape index (κ2) is 4.53. The second-order valence-corrected chi connectivity index (χ2v) is 5.29. The van der Waals surface area contributed by atoms with Gasteiger partial charge in [-0.25, -0.2) is 0 Å². The quantitative estimate of drug-likeness (QED) is 0.816. The highest BCUT2D eigenvalue weighted by atomic mass is 16.5. The average molecular weight is 244 g/mol. The Morgan fingerprint density at radius 3 is 2.50 bits per heavy atom. The molecule has 1 aromatic carbocycles. The van der Waals surface area contributed by atoms with E-state index in [9.17, 15) is 0 Å². The zero-order valence-corrected chi connectivity index (χ0v) is 11.6. The van der Waals surface area contributed by atoms with Gasteiger partial charge < -0.3 is 9.64 Å². The molecule has 0 amide bonds. The van der Waals surface area contributed by atoms with Crippen LogP contribution in [-0.4, -0.2) is 20.7 Å². The standard InChI is InChI=1S/C15H20N2O/c1-11-12(2)14(18-4)6-5-13(11)17(3)10-15(9-16)7-8-15/h5-6H,7-8,10H2,1-4H3. The summed E-state index contributed by atoms with van der Waals surface area (Å²) in [7, 11) is 3.76. The number of anilines is 1. The van der Waals surface area contributed by atoms with Crippen LogP contribution in [0.5, 0.6) is 5.75 Å². The Balaban J connectivity index is 2.24. The molecule has 0 heterocycles. The van der Waals surface area contributed by atoms with Crippen LogP contribution in [0.4, 0.5) is 5.69 Å². The Morgan fingerprint density at radius 1 is 1.33 bits per heavy atom. The minimum atomic E-state index is -0.102. The van der Waals surface area contributed by atoms with E-state index in [2.05, 4.69) is 37.9 Å². The molecule has 0 aromatic heterocycles. The van der Waals surface area contributed by atoms with Crippen molar-refractivity contribution < 1.29 is 4.74 Å². The third kappa shape index (κ3) is 2.15. The van der Waals surface area contributed by atoms with Gasteiger partial charge >= 0.3 is 0 Å². The van der Waals surface area contributed by atoms with Gasteiger partial charge in [-0.1, -0.05) is 0 Å². The summed E-state index contributed by atoms with van der Waals surface area (Å²) in [6.07, 6.45) is 2.06. The molecule has 0 N–H and O–H groups in total. The molecule has 0 aliphatic heterocycles. The predicted octanol–water partition coefficient (Wildman–Crippen LogP) is 3.05. The molecular formula is C15H20N2O. The summed E-state index contributed by atoms with van der Waals surface area (Å²) in [5.74, 6) is 0.922. The Kier molecular flexibility index (Phi) is 3.21. The van der Waals surface area contributed by atoms with Crippen molar-refractivity contribution in [2.45, 2.75) is 26.7 Å². The van der Waals surface area contributed by atoms with E-state index in [4.69, 9.17) is 10.00 Å². The van der Waals surface area contributed by atoms with E-state index in [1.165, 1.54) is 16.8 Å². The lowest BCUT2D eigenvalue weighted by Gasteiger charge is -2.25. The van der Waals surface area contributed by atoms with Crippen LogP contribution in [0.3, 0.4) is 0 Å². The van der Waals surface area contributed by atoms with Crippen LogP contribution in [0.25, 0.3) is 0 Å².